The SMILES string of the molecule is C=C1N=C(CCCCCCCCCCCCCCC)NO1. The van der Waals surface area contributed by atoms with Gasteiger partial charge in [-0.1, -0.05) is 84.0 Å². The Morgan fingerprint density at radius 2 is 1.29 bits per heavy atom. The van der Waals surface area contributed by atoms with E-state index < -0.39 is 0 Å². The van der Waals surface area contributed by atoms with Gasteiger partial charge in [0.1, 0.15) is 5.84 Å². The third-order valence-electron chi connectivity index (χ3n) is 4.06. The molecular formula is C18H34N2O. The molecule has 1 rings (SSSR count). The summed E-state index contributed by atoms with van der Waals surface area (Å²) in [4.78, 5) is 9.15. The Morgan fingerprint density at radius 3 is 1.71 bits per heavy atom. The fourth-order valence-electron chi connectivity index (χ4n) is 2.73. The fraction of sp³-hybridized carbons (Fsp3) is 0.833. The van der Waals surface area contributed by atoms with Crippen LogP contribution in [0.1, 0.15) is 96.8 Å². The Hall–Kier alpha value is -0.990. The summed E-state index contributed by atoms with van der Waals surface area (Å²) in [5.41, 5.74) is 2.80. The lowest BCUT2D eigenvalue weighted by atomic mass is 10.0. The number of rotatable bonds is 14. The summed E-state index contributed by atoms with van der Waals surface area (Å²) in [5, 5.41) is 0. The minimum Gasteiger partial charge on any atom is -0.361 e. The zero-order chi connectivity index (χ0) is 15.2. The van der Waals surface area contributed by atoms with Crippen LogP contribution in [0, 0.1) is 0 Å². The van der Waals surface area contributed by atoms with Crippen molar-refractivity contribution in [2.24, 2.45) is 4.99 Å². The molecule has 1 aliphatic rings. The van der Waals surface area contributed by atoms with Crippen molar-refractivity contribution in [2.75, 3.05) is 0 Å². The lowest BCUT2D eigenvalue weighted by Gasteiger charge is -2.03. The molecule has 122 valence electrons. The van der Waals surface area contributed by atoms with E-state index in [1.54, 1.807) is 0 Å². The molecule has 21 heavy (non-hydrogen) atoms. The number of hydroxylamine groups is 1. The first-order chi connectivity index (χ1) is 10.3. The van der Waals surface area contributed by atoms with Crippen molar-refractivity contribution in [3.05, 3.63) is 12.5 Å². The van der Waals surface area contributed by atoms with E-state index in [9.17, 15) is 0 Å². The maximum absolute atomic E-state index is 4.98. The molecule has 0 aliphatic carbocycles. The second-order valence-corrected chi connectivity index (χ2v) is 6.15. The molecule has 0 bridgehead atoms. The van der Waals surface area contributed by atoms with Crippen molar-refractivity contribution in [3.8, 4) is 0 Å². The molecule has 3 nitrogen and oxygen atoms in total. The maximum atomic E-state index is 4.98. The standard InChI is InChI=1S/C18H34N2O/c1-3-4-5-6-7-8-9-10-11-12-13-14-15-16-18-19-17(2)21-20-18/h2-16H2,1H3,(H,19,20). The first-order valence-corrected chi connectivity index (χ1v) is 9.02. The molecule has 0 aromatic carbocycles. The predicted molar refractivity (Wildman–Crippen MR) is 91.1 cm³/mol. The summed E-state index contributed by atoms with van der Waals surface area (Å²) in [7, 11) is 0. The number of nitrogens with zero attached hydrogens (tertiary/aromatic N) is 1. The van der Waals surface area contributed by atoms with E-state index in [1.165, 1.54) is 83.5 Å². The lowest BCUT2D eigenvalue weighted by molar-refractivity contribution is 0.177. The van der Waals surface area contributed by atoms with Crippen LogP contribution in [0.4, 0.5) is 0 Å². The quantitative estimate of drug-likeness (QED) is 0.406. The Bertz CT molecular complexity index is 300. The molecule has 0 radical (unpaired) electrons. The van der Waals surface area contributed by atoms with Gasteiger partial charge in [-0.3, -0.25) is 0 Å². The highest BCUT2D eigenvalue weighted by Crippen LogP contribution is 2.13. The summed E-state index contributed by atoms with van der Waals surface area (Å²) >= 11 is 0. The third kappa shape index (κ3) is 10.4. The van der Waals surface area contributed by atoms with Gasteiger partial charge in [0.05, 0.1) is 0 Å². The van der Waals surface area contributed by atoms with E-state index in [4.69, 9.17) is 4.84 Å². The predicted octanol–water partition coefficient (Wildman–Crippen LogP) is 5.87. The lowest BCUT2D eigenvalue weighted by Crippen LogP contribution is -2.15. The third-order valence-corrected chi connectivity index (χ3v) is 4.06. The Labute approximate surface area is 131 Å². The minimum atomic E-state index is 0.486. The van der Waals surface area contributed by atoms with Crippen LogP contribution >= 0.6 is 0 Å². The Kier molecular flexibility index (Phi) is 10.9. The number of aliphatic imine (C=N–C) groups is 1. The number of hydrogen-bond donors (Lipinski definition) is 1. The van der Waals surface area contributed by atoms with E-state index in [1.807, 2.05) is 0 Å². The monoisotopic (exact) mass is 294 g/mol. The molecule has 1 aliphatic heterocycles. The summed E-state index contributed by atoms with van der Waals surface area (Å²) in [6.07, 6.45) is 19.0. The van der Waals surface area contributed by atoms with Crippen LogP contribution < -0.4 is 5.48 Å². The summed E-state index contributed by atoms with van der Waals surface area (Å²) < 4.78 is 0. The van der Waals surface area contributed by atoms with E-state index in [0.717, 1.165) is 12.3 Å². The number of amidine groups is 1. The number of nitrogens with one attached hydrogen (secondary N) is 1. The average Bonchev–Trinajstić information content (AvgIpc) is 2.89. The molecule has 3 heteroatoms. The average molecular weight is 294 g/mol. The van der Waals surface area contributed by atoms with Crippen LogP contribution in [0.15, 0.2) is 17.5 Å². The normalized spacial score (nSPS) is 14.0. The van der Waals surface area contributed by atoms with Crippen LogP contribution in [-0.2, 0) is 4.84 Å². The molecule has 0 amide bonds. The molecule has 1 heterocycles. The molecule has 0 aromatic heterocycles. The number of unbranched alkanes of at least 4 members (excludes halogenated alkanes) is 12. The second kappa shape index (κ2) is 12.7. The van der Waals surface area contributed by atoms with Crippen molar-refractivity contribution >= 4 is 5.84 Å². The van der Waals surface area contributed by atoms with Crippen molar-refractivity contribution in [1.29, 1.82) is 0 Å². The highest BCUT2D eigenvalue weighted by molar-refractivity contribution is 5.83. The van der Waals surface area contributed by atoms with Gasteiger partial charge in [-0.05, 0) is 13.0 Å². The van der Waals surface area contributed by atoms with Gasteiger partial charge in [-0.2, -0.15) is 4.99 Å². The van der Waals surface area contributed by atoms with E-state index >= 15 is 0 Å². The van der Waals surface area contributed by atoms with Crippen molar-refractivity contribution in [3.63, 3.8) is 0 Å². The van der Waals surface area contributed by atoms with Gasteiger partial charge in [0.25, 0.3) is 0 Å². The smallest absolute Gasteiger partial charge is 0.240 e. The van der Waals surface area contributed by atoms with Crippen LogP contribution in [0.2, 0.25) is 0 Å². The van der Waals surface area contributed by atoms with Gasteiger partial charge in [-0.25, -0.2) is 5.48 Å². The van der Waals surface area contributed by atoms with Crippen LogP contribution in [-0.4, -0.2) is 5.84 Å². The summed E-state index contributed by atoms with van der Waals surface area (Å²) in [6.45, 7) is 5.93. The van der Waals surface area contributed by atoms with Crippen LogP contribution in [0.3, 0.4) is 0 Å². The summed E-state index contributed by atoms with van der Waals surface area (Å²) in [6, 6.07) is 0. The largest absolute Gasteiger partial charge is 0.361 e. The molecular weight excluding hydrogens is 260 g/mol. The van der Waals surface area contributed by atoms with E-state index in [2.05, 4.69) is 24.0 Å². The first-order valence-electron chi connectivity index (χ1n) is 9.02. The zero-order valence-electron chi connectivity index (χ0n) is 14.0. The molecule has 0 atom stereocenters. The molecule has 0 saturated heterocycles. The first kappa shape index (κ1) is 18.1. The highest BCUT2D eigenvalue weighted by atomic mass is 16.7. The van der Waals surface area contributed by atoms with Crippen molar-refractivity contribution < 1.29 is 4.84 Å². The minimum absolute atomic E-state index is 0.486. The molecule has 1 N–H and O–H groups in total. The second-order valence-electron chi connectivity index (χ2n) is 6.15. The molecule has 0 saturated carbocycles. The Balaban J connectivity index is 1.73. The van der Waals surface area contributed by atoms with Gasteiger partial charge in [0, 0.05) is 6.42 Å². The summed E-state index contributed by atoms with van der Waals surface area (Å²) in [5.74, 6) is 1.42. The van der Waals surface area contributed by atoms with Crippen molar-refractivity contribution in [1.82, 2.24) is 5.48 Å². The fourth-order valence-corrected chi connectivity index (χ4v) is 2.73. The van der Waals surface area contributed by atoms with Gasteiger partial charge in [0.15, 0.2) is 0 Å². The molecule has 0 fully saturated rings. The molecule has 0 aromatic rings. The van der Waals surface area contributed by atoms with Crippen LogP contribution in [0.25, 0.3) is 0 Å². The van der Waals surface area contributed by atoms with Gasteiger partial charge in [-0.15, -0.1) is 0 Å². The van der Waals surface area contributed by atoms with E-state index in [-0.39, 0.29) is 0 Å². The van der Waals surface area contributed by atoms with Gasteiger partial charge >= 0.3 is 0 Å². The van der Waals surface area contributed by atoms with Crippen LogP contribution in [0.5, 0.6) is 0 Å². The Morgan fingerprint density at radius 1 is 0.810 bits per heavy atom. The molecule has 0 spiro atoms. The number of hydrogen-bond acceptors (Lipinski definition) is 3. The van der Waals surface area contributed by atoms with Crippen molar-refractivity contribution in [2.45, 2.75) is 96.8 Å². The zero-order valence-corrected chi connectivity index (χ0v) is 14.0. The maximum Gasteiger partial charge on any atom is 0.240 e. The molecule has 0 unspecified atom stereocenters. The van der Waals surface area contributed by atoms with E-state index in [0.29, 0.717) is 5.88 Å². The van der Waals surface area contributed by atoms with Gasteiger partial charge < -0.3 is 4.84 Å². The van der Waals surface area contributed by atoms with Gasteiger partial charge in [0.2, 0.25) is 5.88 Å². The highest BCUT2D eigenvalue weighted by Gasteiger charge is 2.08. The topological polar surface area (TPSA) is 33.6 Å².